The molecule has 3 nitrogen and oxygen atoms in total. The molecule has 3 heteroatoms. The van der Waals surface area contributed by atoms with Gasteiger partial charge in [0, 0.05) is 18.5 Å². The van der Waals surface area contributed by atoms with Crippen LogP contribution in [0.15, 0.2) is 24.3 Å². The van der Waals surface area contributed by atoms with Crippen LogP contribution in [0, 0.1) is 12.3 Å². The molecule has 0 spiro atoms. The van der Waals surface area contributed by atoms with Crippen LogP contribution < -0.4 is 5.32 Å². The highest BCUT2D eigenvalue weighted by atomic mass is 16.5. The van der Waals surface area contributed by atoms with Crippen molar-refractivity contribution in [2.24, 2.45) is 5.41 Å². The van der Waals surface area contributed by atoms with Crippen molar-refractivity contribution in [3.05, 3.63) is 35.4 Å². The Hall–Kier alpha value is -0.900. The summed E-state index contributed by atoms with van der Waals surface area (Å²) in [6.07, 6.45) is 0. The lowest BCUT2D eigenvalue weighted by molar-refractivity contribution is -0.134. The van der Waals surface area contributed by atoms with Crippen LogP contribution in [0.25, 0.3) is 0 Å². The predicted octanol–water partition coefficient (Wildman–Crippen LogP) is 1.87. The third-order valence-electron chi connectivity index (χ3n) is 4.02. The molecular weight excluding hydrogens is 238 g/mol. The summed E-state index contributed by atoms with van der Waals surface area (Å²) in [5.41, 5.74) is 2.68. The van der Waals surface area contributed by atoms with Crippen molar-refractivity contribution in [1.82, 2.24) is 5.32 Å². The molecule has 1 saturated heterocycles. The first-order valence-corrected chi connectivity index (χ1v) is 6.94. The summed E-state index contributed by atoms with van der Waals surface area (Å²) >= 11 is 0. The predicted molar refractivity (Wildman–Crippen MR) is 77.4 cm³/mol. The summed E-state index contributed by atoms with van der Waals surface area (Å²) in [7, 11) is 0. The zero-order valence-electron chi connectivity index (χ0n) is 12.2. The van der Waals surface area contributed by atoms with Gasteiger partial charge in [-0.15, -0.1) is 0 Å². The Morgan fingerprint density at radius 2 is 2.11 bits per heavy atom. The van der Waals surface area contributed by atoms with Crippen LogP contribution in [-0.2, 0) is 10.2 Å². The number of aliphatic hydroxyl groups is 1. The van der Waals surface area contributed by atoms with Crippen molar-refractivity contribution in [2.45, 2.75) is 26.2 Å². The lowest BCUT2D eigenvalue weighted by atomic mass is 9.82. The molecule has 0 bridgehead atoms. The van der Waals surface area contributed by atoms with Gasteiger partial charge in [0.25, 0.3) is 0 Å². The standard InChI is InChI=1S/C16H25NO2/c1-13-5-4-6-14(7-13)15(2,3)8-17-9-16(10-18)11-19-12-16/h4-7,17-18H,8-12H2,1-3H3. The number of aliphatic hydroxyl groups excluding tert-OH is 1. The molecule has 106 valence electrons. The maximum atomic E-state index is 9.40. The normalized spacial score (nSPS) is 18.1. The van der Waals surface area contributed by atoms with Crippen LogP contribution in [0.5, 0.6) is 0 Å². The van der Waals surface area contributed by atoms with Gasteiger partial charge in [0.15, 0.2) is 0 Å². The van der Waals surface area contributed by atoms with Gasteiger partial charge < -0.3 is 15.2 Å². The fraction of sp³-hybridized carbons (Fsp3) is 0.625. The Morgan fingerprint density at radius 1 is 1.37 bits per heavy atom. The van der Waals surface area contributed by atoms with Crippen molar-refractivity contribution < 1.29 is 9.84 Å². The Labute approximate surface area is 116 Å². The highest BCUT2D eigenvalue weighted by Crippen LogP contribution is 2.27. The van der Waals surface area contributed by atoms with Crippen LogP contribution in [0.4, 0.5) is 0 Å². The summed E-state index contributed by atoms with van der Waals surface area (Å²) in [6.45, 7) is 9.87. The third kappa shape index (κ3) is 3.35. The largest absolute Gasteiger partial charge is 0.396 e. The molecule has 1 aliphatic heterocycles. The molecular formula is C16H25NO2. The monoisotopic (exact) mass is 263 g/mol. The molecule has 1 aromatic rings. The maximum Gasteiger partial charge on any atom is 0.0579 e. The zero-order chi connectivity index (χ0) is 13.9. The number of nitrogens with one attached hydrogen (secondary N) is 1. The molecule has 0 amide bonds. The molecule has 0 radical (unpaired) electrons. The lowest BCUT2D eigenvalue weighted by Gasteiger charge is -2.40. The van der Waals surface area contributed by atoms with E-state index in [2.05, 4.69) is 50.4 Å². The van der Waals surface area contributed by atoms with Crippen molar-refractivity contribution in [3.63, 3.8) is 0 Å². The van der Waals surface area contributed by atoms with E-state index in [0.717, 1.165) is 13.1 Å². The van der Waals surface area contributed by atoms with Gasteiger partial charge in [0.05, 0.1) is 25.2 Å². The number of ether oxygens (including phenoxy) is 1. The highest BCUT2D eigenvalue weighted by Gasteiger charge is 2.38. The highest BCUT2D eigenvalue weighted by molar-refractivity contribution is 5.28. The van der Waals surface area contributed by atoms with Crippen LogP contribution in [-0.4, -0.2) is 38.0 Å². The van der Waals surface area contributed by atoms with E-state index in [1.807, 2.05) is 0 Å². The summed E-state index contributed by atoms with van der Waals surface area (Å²) in [5.74, 6) is 0. The minimum Gasteiger partial charge on any atom is -0.396 e. The van der Waals surface area contributed by atoms with Crippen molar-refractivity contribution in [3.8, 4) is 0 Å². The first-order valence-electron chi connectivity index (χ1n) is 6.94. The molecule has 0 unspecified atom stereocenters. The molecule has 0 atom stereocenters. The van der Waals surface area contributed by atoms with Crippen molar-refractivity contribution >= 4 is 0 Å². The summed E-state index contributed by atoms with van der Waals surface area (Å²) in [5, 5.41) is 12.9. The maximum absolute atomic E-state index is 9.40. The van der Waals surface area contributed by atoms with Gasteiger partial charge in [-0.3, -0.25) is 0 Å². The number of benzene rings is 1. The quantitative estimate of drug-likeness (QED) is 0.823. The van der Waals surface area contributed by atoms with Crippen LogP contribution in [0.3, 0.4) is 0 Å². The fourth-order valence-corrected chi connectivity index (χ4v) is 2.45. The summed E-state index contributed by atoms with van der Waals surface area (Å²) in [4.78, 5) is 0. The Balaban J connectivity index is 1.90. The van der Waals surface area contributed by atoms with Gasteiger partial charge in [0.2, 0.25) is 0 Å². The molecule has 2 rings (SSSR count). The summed E-state index contributed by atoms with van der Waals surface area (Å²) < 4.78 is 5.21. The van der Waals surface area contributed by atoms with Crippen LogP contribution in [0.2, 0.25) is 0 Å². The molecule has 1 fully saturated rings. The van der Waals surface area contributed by atoms with Crippen LogP contribution >= 0.6 is 0 Å². The summed E-state index contributed by atoms with van der Waals surface area (Å²) in [6, 6.07) is 8.67. The zero-order valence-corrected chi connectivity index (χ0v) is 12.2. The molecule has 19 heavy (non-hydrogen) atoms. The van der Waals surface area contributed by atoms with E-state index in [9.17, 15) is 5.11 Å². The van der Waals surface area contributed by atoms with E-state index in [1.54, 1.807) is 0 Å². The third-order valence-corrected chi connectivity index (χ3v) is 4.02. The molecule has 0 aliphatic carbocycles. The van der Waals surface area contributed by atoms with E-state index in [1.165, 1.54) is 11.1 Å². The first kappa shape index (κ1) is 14.5. The molecule has 0 aromatic heterocycles. The van der Waals surface area contributed by atoms with Crippen molar-refractivity contribution in [2.75, 3.05) is 32.9 Å². The van der Waals surface area contributed by atoms with Gasteiger partial charge in [-0.05, 0) is 12.5 Å². The molecule has 1 aliphatic rings. The topological polar surface area (TPSA) is 41.5 Å². The molecule has 1 heterocycles. The van der Waals surface area contributed by atoms with Crippen molar-refractivity contribution in [1.29, 1.82) is 0 Å². The Morgan fingerprint density at radius 3 is 2.63 bits per heavy atom. The number of hydrogen-bond acceptors (Lipinski definition) is 3. The second kappa shape index (κ2) is 5.61. The number of rotatable bonds is 6. The molecule has 0 saturated carbocycles. The first-order chi connectivity index (χ1) is 8.97. The van der Waals surface area contributed by atoms with Gasteiger partial charge >= 0.3 is 0 Å². The Bertz CT molecular complexity index is 419. The molecule has 2 N–H and O–H groups in total. The lowest BCUT2D eigenvalue weighted by Crippen LogP contribution is -2.53. The average molecular weight is 263 g/mol. The second-order valence-corrected chi connectivity index (χ2v) is 6.51. The van der Waals surface area contributed by atoms with E-state index in [4.69, 9.17) is 4.74 Å². The molecule has 1 aromatic carbocycles. The average Bonchev–Trinajstić information content (AvgIpc) is 2.32. The van der Waals surface area contributed by atoms with E-state index < -0.39 is 0 Å². The number of hydrogen-bond donors (Lipinski definition) is 2. The minimum absolute atomic E-state index is 0.0529. The van der Waals surface area contributed by atoms with E-state index >= 15 is 0 Å². The van der Waals surface area contributed by atoms with Gasteiger partial charge in [0.1, 0.15) is 0 Å². The van der Waals surface area contributed by atoms with Gasteiger partial charge in [-0.25, -0.2) is 0 Å². The van der Waals surface area contributed by atoms with Gasteiger partial charge in [-0.2, -0.15) is 0 Å². The second-order valence-electron chi connectivity index (χ2n) is 6.51. The van der Waals surface area contributed by atoms with Crippen LogP contribution in [0.1, 0.15) is 25.0 Å². The Kier molecular flexibility index (Phi) is 4.29. The SMILES string of the molecule is Cc1cccc(C(C)(C)CNCC2(CO)COC2)c1. The van der Waals surface area contributed by atoms with Gasteiger partial charge in [-0.1, -0.05) is 43.7 Å². The number of aryl methyl sites for hydroxylation is 1. The minimum atomic E-state index is -0.0529. The van der Waals surface area contributed by atoms with E-state index in [-0.39, 0.29) is 17.4 Å². The smallest absolute Gasteiger partial charge is 0.0579 e. The van der Waals surface area contributed by atoms with E-state index in [0.29, 0.717) is 13.2 Å². The fourth-order valence-electron chi connectivity index (χ4n) is 2.45.